The van der Waals surface area contributed by atoms with E-state index in [0.29, 0.717) is 24.3 Å². The number of thiol groups is 1. The molecule has 1 heterocycles. The lowest BCUT2D eigenvalue weighted by molar-refractivity contribution is -0.119. The van der Waals surface area contributed by atoms with E-state index >= 15 is 0 Å². The highest BCUT2D eigenvalue weighted by molar-refractivity contribution is 7.92. The molecule has 2 nitrogen and oxygen atoms in total. The molecule has 1 aliphatic rings. The van der Waals surface area contributed by atoms with Crippen molar-refractivity contribution < 1.29 is 9.35 Å². The lowest BCUT2D eigenvalue weighted by Crippen LogP contribution is -2.36. The normalized spacial score (nSPS) is 32.4. The van der Waals surface area contributed by atoms with E-state index in [9.17, 15) is 9.35 Å². The molecule has 2 unspecified atom stereocenters. The van der Waals surface area contributed by atoms with Crippen molar-refractivity contribution in [2.24, 2.45) is 0 Å². The second kappa shape index (κ2) is 4.38. The summed E-state index contributed by atoms with van der Waals surface area (Å²) in [6.07, 6.45) is 2.09. The standard InChI is InChI=1S/C7H12O2S2/c8-6-2-1-5-11(9)7(6)3-4-10/h7,10H,1-5H2. The number of rotatable bonds is 2. The lowest BCUT2D eigenvalue weighted by Gasteiger charge is -2.24. The van der Waals surface area contributed by atoms with Crippen LogP contribution in [0.2, 0.25) is 0 Å². The third-order valence-electron chi connectivity index (χ3n) is 1.84. The van der Waals surface area contributed by atoms with Gasteiger partial charge in [0, 0.05) is 12.8 Å². The van der Waals surface area contributed by atoms with Gasteiger partial charge in [-0.15, -0.1) is 0 Å². The summed E-state index contributed by atoms with van der Waals surface area (Å²) in [5.74, 6) is 1.52. The molecular weight excluding hydrogens is 180 g/mol. The largest absolute Gasteiger partial charge is 0.616 e. The van der Waals surface area contributed by atoms with Gasteiger partial charge in [0.15, 0.2) is 11.0 Å². The maximum atomic E-state index is 11.3. The predicted molar refractivity (Wildman–Crippen MR) is 49.5 cm³/mol. The Kier molecular flexibility index (Phi) is 3.75. The van der Waals surface area contributed by atoms with E-state index in [4.69, 9.17) is 0 Å². The Labute approximate surface area is 75.3 Å². The summed E-state index contributed by atoms with van der Waals surface area (Å²) in [4.78, 5) is 11.2. The molecule has 0 saturated carbocycles. The van der Waals surface area contributed by atoms with Gasteiger partial charge in [0.25, 0.3) is 0 Å². The smallest absolute Gasteiger partial charge is 0.185 e. The third kappa shape index (κ3) is 2.39. The van der Waals surface area contributed by atoms with E-state index in [-0.39, 0.29) is 11.0 Å². The maximum Gasteiger partial charge on any atom is 0.185 e. The van der Waals surface area contributed by atoms with E-state index < -0.39 is 11.2 Å². The highest BCUT2D eigenvalue weighted by Gasteiger charge is 2.32. The van der Waals surface area contributed by atoms with Crippen molar-refractivity contribution in [3.63, 3.8) is 0 Å². The van der Waals surface area contributed by atoms with Crippen LogP contribution in [0.4, 0.5) is 0 Å². The monoisotopic (exact) mass is 192 g/mol. The zero-order chi connectivity index (χ0) is 8.27. The number of hydrogen-bond donors (Lipinski definition) is 1. The van der Waals surface area contributed by atoms with Crippen LogP contribution in [0, 0.1) is 0 Å². The number of hydrogen-bond acceptors (Lipinski definition) is 3. The second-order valence-electron chi connectivity index (χ2n) is 2.66. The first-order valence-electron chi connectivity index (χ1n) is 3.76. The molecule has 0 bridgehead atoms. The van der Waals surface area contributed by atoms with Crippen LogP contribution >= 0.6 is 12.6 Å². The Balaban J connectivity index is 2.48. The summed E-state index contributed by atoms with van der Waals surface area (Å²) in [7, 11) is 0. The average Bonchev–Trinajstić information content (AvgIpc) is 1.97. The average molecular weight is 192 g/mol. The fraction of sp³-hybridized carbons (Fsp3) is 0.857. The van der Waals surface area contributed by atoms with Crippen LogP contribution < -0.4 is 0 Å². The lowest BCUT2D eigenvalue weighted by atomic mass is 10.1. The summed E-state index contributed by atoms with van der Waals surface area (Å²) in [6, 6.07) is 0. The summed E-state index contributed by atoms with van der Waals surface area (Å²) in [6.45, 7) is 0. The van der Waals surface area contributed by atoms with Gasteiger partial charge in [-0.1, -0.05) is 0 Å². The maximum absolute atomic E-state index is 11.3. The zero-order valence-corrected chi connectivity index (χ0v) is 8.00. The molecule has 0 aromatic heterocycles. The molecule has 0 aliphatic carbocycles. The van der Waals surface area contributed by atoms with Gasteiger partial charge in [-0.2, -0.15) is 12.6 Å². The van der Waals surface area contributed by atoms with Gasteiger partial charge in [-0.25, -0.2) is 0 Å². The molecule has 0 aromatic carbocycles. The fourth-order valence-electron chi connectivity index (χ4n) is 1.25. The minimum Gasteiger partial charge on any atom is -0.616 e. The highest BCUT2D eigenvalue weighted by Crippen LogP contribution is 2.19. The summed E-state index contributed by atoms with van der Waals surface area (Å²) < 4.78 is 11.3. The first kappa shape index (κ1) is 9.42. The zero-order valence-electron chi connectivity index (χ0n) is 6.28. The van der Waals surface area contributed by atoms with Gasteiger partial charge in [-0.05, 0) is 23.3 Å². The van der Waals surface area contributed by atoms with Crippen molar-refractivity contribution in [1.29, 1.82) is 0 Å². The molecule has 0 aromatic rings. The van der Waals surface area contributed by atoms with Crippen molar-refractivity contribution in [2.45, 2.75) is 24.5 Å². The Bertz CT molecular complexity index is 149. The molecule has 2 atom stereocenters. The van der Waals surface area contributed by atoms with E-state index in [1.54, 1.807) is 0 Å². The molecule has 0 N–H and O–H groups in total. The number of ketones is 1. The van der Waals surface area contributed by atoms with Gasteiger partial charge in [0.1, 0.15) is 5.75 Å². The van der Waals surface area contributed by atoms with Gasteiger partial charge >= 0.3 is 0 Å². The molecular formula is C7H12O2S2. The van der Waals surface area contributed by atoms with Crippen LogP contribution in [0.25, 0.3) is 0 Å². The summed E-state index contributed by atoms with van der Waals surface area (Å²) in [5, 5.41) is -0.207. The first-order valence-corrected chi connectivity index (χ1v) is 5.78. The van der Waals surface area contributed by atoms with Crippen LogP contribution in [0.15, 0.2) is 0 Å². The fourth-order valence-corrected chi connectivity index (χ4v) is 3.19. The minimum atomic E-state index is -0.906. The van der Waals surface area contributed by atoms with Gasteiger partial charge in [-0.3, -0.25) is 4.79 Å². The molecule has 64 valence electrons. The Morgan fingerprint density at radius 3 is 3.00 bits per heavy atom. The van der Waals surface area contributed by atoms with Crippen LogP contribution in [0.3, 0.4) is 0 Å². The SMILES string of the molecule is O=C1CCC[S+]([O-])C1CCS. The number of carbonyl (C=O) groups excluding carboxylic acids is 1. The van der Waals surface area contributed by atoms with Crippen LogP contribution in [-0.4, -0.2) is 27.1 Å². The molecule has 1 rings (SSSR count). The highest BCUT2D eigenvalue weighted by atomic mass is 32.2. The van der Waals surface area contributed by atoms with E-state index in [1.807, 2.05) is 0 Å². The Hall–Kier alpha value is 0.330. The number of carbonyl (C=O) groups is 1. The summed E-state index contributed by atoms with van der Waals surface area (Å²) in [5.41, 5.74) is 0. The van der Waals surface area contributed by atoms with Crippen LogP contribution in [-0.2, 0) is 16.0 Å². The van der Waals surface area contributed by atoms with E-state index in [0.717, 1.165) is 6.42 Å². The van der Waals surface area contributed by atoms with Gasteiger partial charge in [0.05, 0.1) is 0 Å². The van der Waals surface area contributed by atoms with E-state index in [1.165, 1.54) is 0 Å². The van der Waals surface area contributed by atoms with Crippen molar-refractivity contribution in [3.8, 4) is 0 Å². The molecule has 1 aliphatic heterocycles. The van der Waals surface area contributed by atoms with Crippen LogP contribution in [0.5, 0.6) is 0 Å². The topological polar surface area (TPSA) is 40.1 Å². The quantitative estimate of drug-likeness (QED) is 0.519. The van der Waals surface area contributed by atoms with Crippen molar-refractivity contribution in [3.05, 3.63) is 0 Å². The predicted octanol–water partition coefficient (Wildman–Crippen LogP) is 0.786. The molecule has 0 spiro atoms. The molecule has 0 radical (unpaired) electrons. The Morgan fingerprint density at radius 2 is 2.45 bits per heavy atom. The molecule has 11 heavy (non-hydrogen) atoms. The van der Waals surface area contributed by atoms with Crippen molar-refractivity contribution in [1.82, 2.24) is 0 Å². The third-order valence-corrected chi connectivity index (χ3v) is 3.92. The first-order chi connectivity index (χ1) is 5.25. The Morgan fingerprint density at radius 1 is 1.73 bits per heavy atom. The van der Waals surface area contributed by atoms with E-state index in [2.05, 4.69) is 12.6 Å². The summed E-state index contributed by atoms with van der Waals surface area (Å²) >= 11 is 3.12. The van der Waals surface area contributed by atoms with Crippen molar-refractivity contribution >= 4 is 29.6 Å². The molecule has 1 fully saturated rings. The molecule has 0 amide bonds. The molecule has 1 saturated heterocycles. The second-order valence-corrected chi connectivity index (χ2v) is 4.84. The minimum absolute atomic E-state index is 0.170. The van der Waals surface area contributed by atoms with Crippen molar-refractivity contribution in [2.75, 3.05) is 11.5 Å². The van der Waals surface area contributed by atoms with Crippen LogP contribution in [0.1, 0.15) is 19.3 Å². The number of Topliss-reactive ketones (excluding diaryl/α,β-unsaturated/α-hetero) is 1. The van der Waals surface area contributed by atoms with Gasteiger partial charge < -0.3 is 4.55 Å². The van der Waals surface area contributed by atoms with Gasteiger partial charge in [0.2, 0.25) is 0 Å². The molecule has 4 heteroatoms.